The molecule has 29 heavy (non-hydrogen) atoms. The average molecular weight is 394 g/mol. The van der Waals surface area contributed by atoms with Gasteiger partial charge in [0, 0.05) is 19.5 Å². The highest BCUT2D eigenvalue weighted by Gasteiger charge is 2.60. The van der Waals surface area contributed by atoms with Crippen molar-refractivity contribution in [3.05, 3.63) is 30.1 Å². The van der Waals surface area contributed by atoms with Crippen molar-refractivity contribution in [3.8, 4) is 0 Å². The first kappa shape index (κ1) is 18.3. The van der Waals surface area contributed by atoms with Gasteiger partial charge in [-0.1, -0.05) is 12.1 Å². The van der Waals surface area contributed by atoms with Crippen LogP contribution in [0.3, 0.4) is 0 Å². The molecular formula is C22H26N4O3. The fourth-order valence-electron chi connectivity index (χ4n) is 5.78. The molecule has 5 rings (SSSR count). The normalized spacial score (nSPS) is 27.8. The van der Waals surface area contributed by atoms with E-state index < -0.39 is 0 Å². The number of nitrogens with one attached hydrogen (secondary N) is 1. The van der Waals surface area contributed by atoms with Crippen LogP contribution < -0.4 is 5.32 Å². The maximum Gasteiger partial charge on any atom is 0.233 e. The number of aromatic nitrogens is 2. The van der Waals surface area contributed by atoms with E-state index in [-0.39, 0.29) is 42.5 Å². The lowest BCUT2D eigenvalue weighted by molar-refractivity contribution is -0.141. The van der Waals surface area contributed by atoms with Crippen molar-refractivity contribution in [2.45, 2.75) is 45.7 Å². The quantitative estimate of drug-likeness (QED) is 0.761. The van der Waals surface area contributed by atoms with E-state index in [1.165, 1.54) is 4.90 Å². The Bertz CT molecular complexity index is 969. The van der Waals surface area contributed by atoms with Crippen LogP contribution in [-0.2, 0) is 27.5 Å². The van der Waals surface area contributed by atoms with Gasteiger partial charge in [0.25, 0.3) is 0 Å². The lowest BCUT2D eigenvalue weighted by Gasteiger charge is -2.19. The Morgan fingerprint density at radius 3 is 2.52 bits per heavy atom. The van der Waals surface area contributed by atoms with Crippen molar-refractivity contribution in [2.75, 3.05) is 6.54 Å². The Hall–Kier alpha value is -2.70. The molecule has 152 valence electrons. The fraction of sp³-hybridized carbons (Fsp3) is 0.545. The zero-order chi connectivity index (χ0) is 20.1. The van der Waals surface area contributed by atoms with E-state index in [2.05, 4.69) is 14.9 Å². The van der Waals surface area contributed by atoms with E-state index in [0.29, 0.717) is 18.4 Å². The number of nitrogens with zero attached hydrogens (tertiary/aromatic N) is 3. The number of likely N-dealkylation sites (tertiary alicyclic amines) is 1. The Balaban J connectivity index is 1.19. The zero-order valence-corrected chi connectivity index (χ0v) is 16.6. The third-order valence-electron chi connectivity index (χ3n) is 7.07. The standard InChI is InChI=1S/C22H26N4O3/c1-2-25-16-6-4-3-5-15(16)24-17(25)12-23-18(27)9-10-26-21(28)19-13-7-8-14(11-13)20(19)22(26)29/h3-6,13-14,19-20H,2,7-12H2,1H3,(H,23,27)/t13-,14-,19+,20+/m0/s1. The van der Waals surface area contributed by atoms with E-state index >= 15 is 0 Å². The van der Waals surface area contributed by atoms with Crippen molar-refractivity contribution in [2.24, 2.45) is 23.7 Å². The molecule has 1 saturated heterocycles. The molecule has 2 aliphatic carbocycles. The average Bonchev–Trinajstić information content (AvgIpc) is 3.47. The highest BCUT2D eigenvalue weighted by Crippen LogP contribution is 2.56. The second kappa shape index (κ2) is 6.97. The number of aryl methyl sites for hydroxylation is 1. The van der Waals surface area contributed by atoms with Crippen LogP contribution in [0.4, 0.5) is 0 Å². The van der Waals surface area contributed by atoms with Crippen molar-refractivity contribution >= 4 is 28.8 Å². The van der Waals surface area contributed by atoms with Gasteiger partial charge in [-0.25, -0.2) is 4.98 Å². The number of para-hydroxylation sites is 2. The maximum atomic E-state index is 12.7. The minimum Gasteiger partial charge on any atom is -0.349 e. The van der Waals surface area contributed by atoms with E-state index in [0.717, 1.165) is 42.7 Å². The number of hydrogen-bond donors (Lipinski definition) is 1. The number of imidazole rings is 1. The Morgan fingerprint density at radius 2 is 1.83 bits per heavy atom. The lowest BCUT2D eigenvalue weighted by Crippen LogP contribution is -2.36. The summed E-state index contributed by atoms with van der Waals surface area (Å²) in [7, 11) is 0. The summed E-state index contributed by atoms with van der Waals surface area (Å²) in [6, 6.07) is 7.90. The van der Waals surface area contributed by atoms with Crippen LogP contribution in [0.2, 0.25) is 0 Å². The predicted octanol–water partition coefficient (Wildman–Crippen LogP) is 2.09. The smallest absolute Gasteiger partial charge is 0.233 e. The highest BCUT2D eigenvalue weighted by molar-refractivity contribution is 6.06. The van der Waals surface area contributed by atoms with Crippen molar-refractivity contribution < 1.29 is 14.4 Å². The van der Waals surface area contributed by atoms with Gasteiger partial charge >= 0.3 is 0 Å². The summed E-state index contributed by atoms with van der Waals surface area (Å²) in [5.74, 6) is 1.06. The van der Waals surface area contributed by atoms with Gasteiger partial charge in [0.1, 0.15) is 5.82 Å². The largest absolute Gasteiger partial charge is 0.349 e. The molecule has 7 heteroatoms. The first-order valence-corrected chi connectivity index (χ1v) is 10.6. The third kappa shape index (κ3) is 2.86. The second-order valence-electron chi connectivity index (χ2n) is 8.50. The third-order valence-corrected chi connectivity index (χ3v) is 7.07. The fourth-order valence-corrected chi connectivity index (χ4v) is 5.78. The van der Waals surface area contributed by atoms with Crippen molar-refractivity contribution in [1.82, 2.24) is 19.8 Å². The van der Waals surface area contributed by atoms with Gasteiger partial charge < -0.3 is 9.88 Å². The molecule has 1 aromatic heterocycles. The highest BCUT2D eigenvalue weighted by atomic mass is 16.2. The van der Waals surface area contributed by atoms with Crippen LogP contribution in [-0.4, -0.2) is 38.7 Å². The lowest BCUT2D eigenvalue weighted by atomic mass is 9.81. The number of carbonyl (C=O) groups is 3. The van der Waals surface area contributed by atoms with Crippen molar-refractivity contribution in [1.29, 1.82) is 0 Å². The number of rotatable bonds is 6. The van der Waals surface area contributed by atoms with Gasteiger partial charge in [0.2, 0.25) is 17.7 Å². The minimum atomic E-state index is -0.166. The van der Waals surface area contributed by atoms with Crippen LogP contribution in [0, 0.1) is 23.7 Å². The molecule has 0 unspecified atom stereocenters. The summed E-state index contributed by atoms with van der Waals surface area (Å²) in [5, 5.41) is 2.90. The minimum absolute atomic E-state index is 0.0484. The van der Waals surface area contributed by atoms with Gasteiger partial charge in [-0.3, -0.25) is 19.3 Å². The number of imide groups is 1. The Labute approximate surface area is 169 Å². The molecule has 1 aromatic carbocycles. The molecule has 2 aromatic rings. The van der Waals surface area contributed by atoms with Crippen molar-refractivity contribution in [3.63, 3.8) is 0 Å². The summed E-state index contributed by atoms with van der Waals surface area (Å²) in [6.45, 7) is 3.33. The number of benzene rings is 1. The molecule has 2 bridgehead atoms. The number of amides is 3. The summed E-state index contributed by atoms with van der Waals surface area (Å²) in [4.78, 5) is 43.8. The molecule has 7 nitrogen and oxygen atoms in total. The molecule has 2 heterocycles. The van der Waals surface area contributed by atoms with E-state index in [1.54, 1.807) is 0 Å². The molecule has 1 N–H and O–H groups in total. The molecule has 0 spiro atoms. The summed E-state index contributed by atoms with van der Waals surface area (Å²) in [6.07, 6.45) is 3.30. The topological polar surface area (TPSA) is 84.3 Å². The Kier molecular flexibility index (Phi) is 4.41. The molecule has 4 atom stereocenters. The first-order chi connectivity index (χ1) is 14.1. The van der Waals surface area contributed by atoms with Crippen LogP contribution >= 0.6 is 0 Å². The summed E-state index contributed by atoms with van der Waals surface area (Å²) in [5.41, 5.74) is 1.96. The van der Waals surface area contributed by atoms with Gasteiger partial charge in [-0.2, -0.15) is 0 Å². The molecule has 3 fully saturated rings. The molecule has 3 amide bonds. The van der Waals surface area contributed by atoms with Gasteiger partial charge in [-0.05, 0) is 50.2 Å². The molecule has 3 aliphatic rings. The molecule has 1 aliphatic heterocycles. The first-order valence-electron chi connectivity index (χ1n) is 10.6. The monoisotopic (exact) mass is 394 g/mol. The van der Waals surface area contributed by atoms with Crippen LogP contribution in [0.25, 0.3) is 11.0 Å². The van der Waals surface area contributed by atoms with Gasteiger partial charge in [0.15, 0.2) is 0 Å². The van der Waals surface area contributed by atoms with Crippen LogP contribution in [0.1, 0.15) is 38.4 Å². The zero-order valence-electron chi connectivity index (χ0n) is 16.6. The number of hydrogen-bond acceptors (Lipinski definition) is 4. The van der Waals surface area contributed by atoms with Crippen LogP contribution in [0.5, 0.6) is 0 Å². The van der Waals surface area contributed by atoms with Gasteiger partial charge in [0.05, 0.1) is 29.4 Å². The maximum absolute atomic E-state index is 12.7. The number of fused-ring (bicyclic) bond motifs is 6. The molecular weight excluding hydrogens is 368 g/mol. The van der Waals surface area contributed by atoms with E-state index in [1.807, 2.05) is 31.2 Å². The van der Waals surface area contributed by atoms with E-state index in [4.69, 9.17) is 0 Å². The number of carbonyl (C=O) groups excluding carboxylic acids is 3. The van der Waals surface area contributed by atoms with Gasteiger partial charge in [-0.15, -0.1) is 0 Å². The molecule has 0 radical (unpaired) electrons. The SMILES string of the molecule is CCn1c(CNC(=O)CCN2C(=O)[C@@H]3[C@H]4CC[C@@H](C4)[C@H]3C2=O)nc2ccccc21. The van der Waals surface area contributed by atoms with Crippen LogP contribution in [0.15, 0.2) is 24.3 Å². The molecule has 2 saturated carbocycles. The predicted molar refractivity (Wildman–Crippen MR) is 106 cm³/mol. The summed E-state index contributed by atoms with van der Waals surface area (Å²) >= 11 is 0. The second-order valence-corrected chi connectivity index (χ2v) is 8.50. The van der Waals surface area contributed by atoms with E-state index in [9.17, 15) is 14.4 Å². The Morgan fingerprint density at radius 1 is 1.14 bits per heavy atom. The summed E-state index contributed by atoms with van der Waals surface area (Å²) < 4.78 is 2.08.